The van der Waals surface area contributed by atoms with E-state index in [1.54, 1.807) is 0 Å². The predicted molar refractivity (Wildman–Crippen MR) is 90.7 cm³/mol. The van der Waals surface area contributed by atoms with Crippen LogP contribution >= 0.6 is 0 Å². The molecule has 1 aromatic carbocycles. The predicted octanol–water partition coefficient (Wildman–Crippen LogP) is 1.70. The molecule has 1 aliphatic carbocycles. The van der Waals surface area contributed by atoms with E-state index in [1.165, 1.54) is 48.2 Å². The summed E-state index contributed by atoms with van der Waals surface area (Å²) in [6.45, 7) is 1.62. The van der Waals surface area contributed by atoms with Gasteiger partial charge in [0, 0.05) is 18.7 Å². The Bertz CT molecular complexity index is 890. The van der Waals surface area contributed by atoms with Crippen LogP contribution in [0.5, 0.6) is 0 Å². The summed E-state index contributed by atoms with van der Waals surface area (Å²) in [7, 11) is 0. The molecular weight excluding hydrogens is 341 g/mol. The van der Waals surface area contributed by atoms with Crippen LogP contribution in [0.2, 0.25) is 0 Å². The van der Waals surface area contributed by atoms with Crippen LogP contribution in [0.3, 0.4) is 0 Å². The third kappa shape index (κ3) is 3.79. The van der Waals surface area contributed by atoms with Crippen molar-refractivity contribution in [3.63, 3.8) is 0 Å². The SMILES string of the molecule is CC(CN(C(=O)c1ccc(=O)n(-c2ccc(F)cc2)n1)C1CC1)C(=O)O. The largest absolute Gasteiger partial charge is 0.481 e. The lowest BCUT2D eigenvalue weighted by Crippen LogP contribution is -2.39. The molecule has 0 bridgehead atoms. The number of aromatic nitrogens is 2. The molecule has 136 valence electrons. The highest BCUT2D eigenvalue weighted by atomic mass is 19.1. The van der Waals surface area contributed by atoms with Crippen molar-refractivity contribution in [1.82, 2.24) is 14.7 Å². The van der Waals surface area contributed by atoms with Crippen LogP contribution in [-0.4, -0.2) is 44.3 Å². The Kier molecular flexibility index (Phi) is 4.83. The van der Waals surface area contributed by atoms with Gasteiger partial charge in [-0.1, -0.05) is 6.92 Å². The van der Waals surface area contributed by atoms with Crippen molar-refractivity contribution in [1.29, 1.82) is 0 Å². The standard InChI is InChI=1S/C18H18FN3O4/c1-11(18(25)26)10-21(13-6-7-13)17(24)15-8-9-16(23)22(20-15)14-4-2-12(19)3-5-14/h2-5,8-9,11,13H,6-7,10H2,1H3,(H,25,26). The number of benzene rings is 1. The second kappa shape index (κ2) is 7.07. The number of amides is 1. The normalized spacial score (nSPS) is 14.7. The molecule has 1 aromatic heterocycles. The second-order valence-electron chi connectivity index (χ2n) is 6.37. The van der Waals surface area contributed by atoms with Crippen LogP contribution in [0.4, 0.5) is 4.39 Å². The van der Waals surface area contributed by atoms with E-state index in [9.17, 15) is 18.8 Å². The first-order valence-electron chi connectivity index (χ1n) is 8.27. The van der Waals surface area contributed by atoms with E-state index < -0.39 is 29.2 Å². The van der Waals surface area contributed by atoms with Crippen LogP contribution in [0, 0.1) is 11.7 Å². The Morgan fingerprint density at radius 2 is 1.92 bits per heavy atom. The third-order valence-corrected chi connectivity index (χ3v) is 4.23. The highest BCUT2D eigenvalue weighted by Crippen LogP contribution is 2.28. The maximum atomic E-state index is 13.1. The van der Waals surface area contributed by atoms with Crippen molar-refractivity contribution >= 4 is 11.9 Å². The molecule has 0 aliphatic heterocycles. The minimum atomic E-state index is -0.979. The van der Waals surface area contributed by atoms with Crippen LogP contribution in [0.1, 0.15) is 30.3 Å². The molecule has 8 heteroatoms. The smallest absolute Gasteiger partial charge is 0.308 e. The van der Waals surface area contributed by atoms with E-state index >= 15 is 0 Å². The van der Waals surface area contributed by atoms with Crippen molar-refractivity contribution in [2.45, 2.75) is 25.8 Å². The number of nitrogens with zero attached hydrogens (tertiary/aromatic N) is 3. The van der Waals surface area contributed by atoms with Crippen molar-refractivity contribution in [3.05, 3.63) is 58.3 Å². The monoisotopic (exact) mass is 359 g/mol. The zero-order chi connectivity index (χ0) is 18.8. The quantitative estimate of drug-likeness (QED) is 0.847. The molecule has 1 fully saturated rings. The maximum Gasteiger partial charge on any atom is 0.308 e. The van der Waals surface area contributed by atoms with Gasteiger partial charge in [-0.3, -0.25) is 14.4 Å². The minimum absolute atomic E-state index is 0.00250. The molecule has 26 heavy (non-hydrogen) atoms. The van der Waals surface area contributed by atoms with Gasteiger partial charge in [0.15, 0.2) is 0 Å². The summed E-state index contributed by atoms with van der Waals surface area (Å²) in [4.78, 5) is 37.5. The molecule has 7 nitrogen and oxygen atoms in total. The first kappa shape index (κ1) is 17.8. The molecule has 0 radical (unpaired) electrons. The Morgan fingerprint density at radius 3 is 2.50 bits per heavy atom. The summed E-state index contributed by atoms with van der Waals surface area (Å²) in [5, 5.41) is 13.2. The number of carboxylic acids is 1. The van der Waals surface area contributed by atoms with E-state index in [2.05, 4.69) is 5.10 Å². The Labute approximate surface area is 148 Å². The lowest BCUT2D eigenvalue weighted by atomic mass is 10.1. The molecule has 0 spiro atoms. The van der Waals surface area contributed by atoms with E-state index in [0.29, 0.717) is 5.69 Å². The number of carboxylic acid groups (broad SMARTS) is 1. The highest BCUT2D eigenvalue weighted by Gasteiger charge is 2.35. The van der Waals surface area contributed by atoms with Crippen molar-refractivity contribution in [2.24, 2.45) is 5.92 Å². The van der Waals surface area contributed by atoms with E-state index in [0.717, 1.165) is 17.5 Å². The molecule has 1 saturated carbocycles. The van der Waals surface area contributed by atoms with Crippen LogP contribution in [0.25, 0.3) is 5.69 Å². The number of carbonyl (C=O) groups is 2. The molecule has 1 heterocycles. The van der Waals surface area contributed by atoms with Crippen molar-refractivity contribution in [3.8, 4) is 5.69 Å². The van der Waals surface area contributed by atoms with Gasteiger partial charge in [-0.2, -0.15) is 9.78 Å². The Hall–Kier alpha value is -3.03. The van der Waals surface area contributed by atoms with Gasteiger partial charge in [-0.05, 0) is 43.2 Å². The second-order valence-corrected chi connectivity index (χ2v) is 6.37. The average molecular weight is 359 g/mol. The molecule has 1 N–H and O–H groups in total. The summed E-state index contributed by atoms with van der Waals surface area (Å²) >= 11 is 0. The molecular formula is C18H18FN3O4. The van der Waals surface area contributed by atoms with Crippen LogP contribution < -0.4 is 5.56 Å². The first-order valence-corrected chi connectivity index (χ1v) is 8.27. The van der Waals surface area contributed by atoms with Gasteiger partial charge in [0.25, 0.3) is 11.5 Å². The number of aliphatic carboxylic acids is 1. The molecule has 2 aromatic rings. The lowest BCUT2D eigenvalue weighted by Gasteiger charge is -2.24. The minimum Gasteiger partial charge on any atom is -0.481 e. The van der Waals surface area contributed by atoms with Gasteiger partial charge in [0.1, 0.15) is 11.5 Å². The number of rotatable bonds is 6. The number of hydrogen-bond donors (Lipinski definition) is 1. The summed E-state index contributed by atoms with van der Waals surface area (Å²) in [5.41, 5.74) is -0.0774. The van der Waals surface area contributed by atoms with Crippen LogP contribution in [-0.2, 0) is 4.79 Å². The molecule has 3 rings (SSSR count). The Balaban J connectivity index is 1.91. The van der Waals surface area contributed by atoms with Crippen LogP contribution in [0.15, 0.2) is 41.2 Å². The highest BCUT2D eigenvalue weighted by molar-refractivity contribution is 5.92. The summed E-state index contributed by atoms with van der Waals surface area (Å²) < 4.78 is 14.1. The van der Waals surface area contributed by atoms with Gasteiger partial charge >= 0.3 is 5.97 Å². The number of halogens is 1. The van der Waals surface area contributed by atoms with E-state index in [1.807, 2.05) is 0 Å². The van der Waals surface area contributed by atoms with Crippen molar-refractivity contribution < 1.29 is 19.1 Å². The molecule has 1 aliphatic rings. The van der Waals surface area contributed by atoms with Gasteiger partial charge < -0.3 is 10.0 Å². The molecule has 1 atom stereocenters. The number of carbonyl (C=O) groups excluding carboxylic acids is 1. The molecule has 1 unspecified atom stereocenters. The van der Waals surface area contributed by atoms with Gasteiger partial charge in [-0.25, -0.2) is 4.39 Å². The van der Waals surface area contributed by atoms with Gasteiger partial charge in [-0.15, -0.1) is 0 Å². The fraction of sp³-hybridized carbons (Fsp3) is 0.333. The number of hydrogen-bond acceptors (Lipinski definition) is 4. The molecule has 0 saturated heterocycles. The first-order chi connectivity index (χ1) is 12.4. The van der Waals surface area contributed by atoms with E-state index in [4.69, 9.17) is 5.11 Å². The average Bonchev–Trinajstić information content (AvgIpc) is 3.45. The lowest BCUT2D eigenvalue weighted by molar-refractivity contribution is -0.141. The summed E-state index contributed by atoms with van der Waals surface area (Å²) in [5.74, 6) is -2.55. The summed E-state index contributed by atoms with van der Waals surface area (Å²) in [6, 6.07) is 7.72. The fourth-order valence-electron chi connectivity index (χ4n) is 2.60. The zero-order valence-corrected chi connectivity index (χ0v) is 14.1. The topological polar surface area (TPSA) is 92.5 Å². The van der Waals surface area contributed by atoms with Gasteiger partial charge in [0.2, 0.25) is 0 Å². The zero-order valence-electron chi connectivity index (χ0n) is 14.1. The third-order valence-electron chi connectivity index (χ3n) is 4.23. The fourth-order valence-corrected chi connectivity index (χ4v) is 2.60. The van der Waals surface area contributed by atoms with Gasteiger partial charge in [0.05, 0.1) is 11.6 Å². The van der Waals surface area contributed by atoms with E-state index in [-0.39, 0.29) is 18.3 Å². The molecule has 1 amide bonds. The summed E-state index contributed by atoms with van der Waals surface area (Å²) in [6.07, 6.45) is 1.63. The maximum absolute atomic E-state index is 13.1. The van der Waals surface area contributed by atoms with Crippen molar-refractivity contribution in [2.75, 3.05) is 6.54 Å². The Morgan fingerprint density at radius 1 is 1.27 bits per heavy atom.